The van der Waals surface area contributed by atoms with Crippen LogP contribution in [0.4, 0.5) is 5.69 Å². The van der Waals surface area contributed by atoms with Crippen LogP contribution in [-0.2, 0) is 6.61 Å². The normalized spacial score (nSPS) is 15.3. The van der Waals surface area contributed by atoms with Crippen molar-refractivity contribution >= 4 is 11.3 Å². The van der Waals surface area contributed by atoms with E-state index in [1.165, 1.54) is 0 Å². The monoisotopic (exact) mass is 325 g/mol. The first-order valence-corrected chi connectivity index (χ1v) is 7.99. The van der Waals surface area contributed by atoms with E-state index in [0.717, 1.165) is 28.0 Å². The minimum absolute atomic E-state index is 0.122. The van der Waals surface area contributed by atoms with Crippen LogP contribution in [0.1, 0.15) is 31.9 Å². The van der Waals surface area contributed by atoms with Crippen molar-refractivity contribution in [3.8, 4) is 22.6 Å². The highest BCUT2D eigenvalue weighted by molar-refractivity contribution is 5.89. The predicted molar refractivity (Wildman–Crippen MR) is 97.4 cm³/mol. The summed E-state index contributed by atoms with van der Waals surface area (Å²) < 4.78 is 5.41. The fraction of sp³-hybridized carbons (Fsp3) is 0.300. The molecule has 1 aliphatic heterocycles. The van der Waals surface area contributed by atoms with E-state index in [1.54, 1.807) is 25.3 Å². The summed E-state index contributed by atoms with van der Waals surface area (Å²) in [6, 6.07) is 9.09. The molecular weight excluding hydrogens is 302 g/mol. The number of ether oxygens (including phenoxy) is 1. The maximum atomic E-state index is 10.4. The van der Waals surface area contributed by atoms with E-state index in [4.69, 9.17) is 4.74 Å². The SMILES string of the molecule is COc1cccc(O)c1-c1ccc2c(c1CO)C(C)=CC(C)(C)N2. The van der Waals surface area contributed by atoms with Gasteiger partial charge in [0.1, 0.15) is 11.5 Å². The van der Waals surface area contributed by atoms with Gasteiger partial charge in [0.25, 0.3) is 0 Å². The van der Waals surface area contributed by atoms with Crippen LogP contribution in [0.2, 0.25) is 0 Å². The Morgan fingerprint density at radius 3 is 2.54 bits per heavy atom. The molecule has 0 saturated carbocycles. The van der Waals surface area contributed by atoms with Gasteiger partial charge in [0.15, 0.2) is 0 Å². The maximum Gasteiger partial charge on any atom is 0.130 e. The topological polar surface area (TPSA) is 61.7 Å². The molecule has 0 fully saturated rings. The summed E-state index contributed by atoms with van der Waals surface area (Å²) in [6.07, 6.45) is 2.15. The fourth-order valence-corrected chi connectivity index (χ4v) is 3.56. The minimum atomic E-state index is -0.141. The Bertz CT molecular complexity index is 822. The van der Waals surface area contributed by atoms with E-state index < -0.39 is 0 Å². The molecule has 0 bridgehead atoms. The smallest absolute Gasteiger partial charge is 0.130 e. The molecule has 0 radical (unpaired) electrons. The average molecular weight is 325 g/mol. The summed E-state index contributed by atoms with van der Waals surface area (Å²) in [5.41, 5.74) is 5.10. The van der Waals surface area contributed by atoms with Gasteiger partial charge in [-0.05, 0) is 55.7 Å². The average Bonchev–Trinajstić information content (AvgIpc) is 2.52. The number of allylic oxidation sites excluding steroid dienone is 1. The Hall–Kier alpha value is -2.46. The third-order valence-corrected chi connectivity index (χ3v) is 4.39. The van der Waals surface area contributed by atoms with Crippen LogP contribution < -0.4 is 10.1 Å². The molecule has 0 aliphatic carbocycles. The summed E-state index contributed by atoms with van der Waals surface area (Å²) in [5, 5.41) is 23.9. The number of aliphatic hydroxyl groups excluding tert-OH is 1. The van der Waals surface area contributed by atoms with Crippen LogP contribution in [-0.4, -0.2) is 22.9 Å². The van der Waals surface area contributed by atoms with Crippen LogP contribution in [0.15, 0.2) is 36.4 Å². The van der Waals surface area contributed by atoms with Crippen LogP contribution in [0.3, 0.4) is 0 Å². The van der Waals surface area contributed by atoms with E-state index >= 15 is 0 Å². The van der Waals surface area contributed by atoms with Gasteiger partial charge in [0, 0.05) is 11.3 Å². The second-order valence-corrected chi connectivity index (χ2v) is 6.70. The number of anilines is 1. The van der Waals surface area contributed by atoms with Gasteiger partial charge in [-0.3, -0.25) is 0 Å². The molecular formula is C20H23NO3. The summed E-state index contributed by atoms with van der Waals surface area (Å²) in [4.78, 5) is 0. The van der Waals surface area contributed by atoms with Gasteiger partial charge in [0.2, 0.25) is 0 Å². The molecule has 4 nitrogen and oxygen atoms in total. The van der Waals surface area contributed by atoms with E-state index in [0.29, 0.717) is 11.3 Å². The largest absolute Gasteiger partial charge is 0.507 e. The maximum absolute atomic E-state index is 10.4. The highest BCUT2D eigenvalue weighted by atomic mass is 16.5. The van der Waals surface area contributed by atoms with Gasteiger partial charge in [-0.15, -0.1) is 0 Å². The van der Waals surface area contributed by atoms with Crippen molar-refractivity contribution in [1.82, 2.24) is 0 Å². The Morgan fingerprint density at radius 1 is 1.12 bits per heavy atom. The lowest BCUT2D eigenvalue weighted by molar-refractivity contribution is 0.282. The molecule has 126 valence electrons. The zero-order valence-corrected chi connectivity index (χ0v) is 14.5. The molecule has 4 heteroatoms. The first kappa shape index (κ1) is 16.4. The lowest BCUT2D eigenvalue weighted by atomic mass is 9.85. The van der Waals surface area contributed by atoms with Crippen molar-refractivity contribution in [2.75, 3.05) is 12.4 Å². The van der Waals surface area contributed by atoms with Crippen LogP contribution >= 0.6 is 0 Å². The molecule has 0 amide bonds. The molecule has 0 aromatic heterocycles. The highest BCUT2D eigenvalue weighted by Gasteiger charge is 2.26. The number of benzene rings is 2. The Labute approximate surface area is 142 Å². The summed E-state index contributed by atoms with van der Waals surface area (Å²) in [6.45, 7) is 6.14. The summed E-state index contributed by atoms with van der Waals surface area (Å²) in [7, 11) is 1.57. The van der Waals surface area contributed by atoms with Crippen molar-refractivity contribution in [3.63, 3.8) is 0 Å². The molecule has 3 rings (SSSR count). The third-order valence-electron chi connectivity index (χ3n) is 4.39. The van der Waals surface area contributed by atoms with Crippen LogP contribution in [0, 0.1) is 0 Å². The minimum Gasteiger partial charge on any atom is -0.507 e. The first-order chi connectivity index (χ1) is 11.4. The first-order valence-electron chi connectivity index (χ1n) is 7.99. The molecule has 1 aliphatic rings. The molecule has 1 heterocycles. The number of rotatable bonds is 3. The molecule has 0 atom stereocenters. The van der Waals surface area contributed by atoms with E-state index in [9.17, 15) is 10.2 Å². The molecule has 0 spiro atoms. The Balaban J connectivity index is 2.29. The van der Waals surface area contributed by atoms with E-state index in [2.05, 4.69) is 25.2 Å². The number of aromatic hydroxyl groups is 1. The second-order valence-electron chi connectivity index (χ2n) is 6.70. The van der Waals surface area contributed by atoms with Crippen LogP contribution in [0.25, 0.3) is 16.7 Å². The zero-order chi connectivity index (χ0) is 17.5. The van der Waals surface area contributed by atoms with Gasteiger partial charge in [-0.1, -0.05) is 18.2 Å². The highest BCUT2D eigenvalue weighted by Crippen LogP contribution is 2.45. The molecule has 0 saturated heterocycles. The predicted octanol–water partition coefficient (Wildman–Crippen LogP) is 4.17. The number of hydrogen-bond donors (Lipinski definition) is 3. The number of hydrogen-bond acceptors (Lipinski definition) is 4. The molecule has 24 heavy (non-hydrogen) atoms. The zero-order valence-electron chi connectivity index (χ0n) is 14.5. The number of aliphatic hydroxyl groups is 1. The number of phenolic OH excluding ortho intramolecular Hbond substituents is 1. The van der Waals surface area contributed by atoms with E-state index in [1.807, 2.05) is 19.1 Å². The Kier molecular flexibility index (Phi) is 4.01. The number of phenols is 1. The van der Waals surface area contributed by atoms with Crippen molar-refractivity contribution in [2.45, 2.75) is 32.9 Å². The molecule has 2 aromatic carbocycles. The lowest BCUT2D eigenvalue weighted by Crippen LogP contribution is -2.31. The van der Waals surface area contributed by atoms with Crippen molar-refractivity contribution in [3.05, 3.63) is 47.5 Å². The fourth-order valence-electron chi connectivity index (χ4n) is 3.56. The number of fused-ring (bicyclic) bond motifs is 1. The van der Waals surface area contributed by atoms with Crippen molar-refractivity contribution in [2.24, 2.45) is 0 Å². The van der Waals surface area contributed by atoms with Crippen molar-refractivity contribution < 1.29 is 14.9 Å². The van der Waals surface area contributed by atoms with E-state index in [-0.39, 0.29) is 17.9 Å². The van der Waals surface area contributed by atoms with Crippen molar-refractivity contribution in [1.29, 1.82) is 0 Å². The number of nitrogens with one attached hydrogen (secondary N) is 1. The molecule has 2 aromatic rings. The third kappa shape index (κ3) is 2.63. The van der Waals surface area contributed by atoms with Crippen LogP contribution in [0.5, 0.6) is 11.5 Å². The van der Waals surface area contributed by atoms with Gasteiger partial charge in [-0.2, -0.15) is 0 Å². The van der Waals surface area contributed by atoms with Gasteiger partial charge in [0.05, 0.1) is 24.8 Å². The molecule has 0 unspecified atom stereocenters. The standard InChI is InChI=1S/C20H23NO3/c1-12-10-20(2,3)21-15-9-8-13(14(11-22)18(12)15)19-16(23)6-5-7-17(19)24-4/h5-10,21-23H,11H2,1-4H3. The molecule has 3 N–H and O–H groups in total. The van der Waals surface area contributed by atoms with Gasteiger partial charge < -0.3 is 20.3 Å². The second kappa shape index (κ2) is 5.87. The van der Waals surface area contributed by atoms with Gasteiger partial charge in [-0.25, -0.2) is 0 Å². The summed E-state index contributed by atoms with van der Waals surface area (Å²) in [5.74, 6) is 0.713. The lowest BCUT2D eigenvalue weighted by Gasteiger charge is -2.33. The summed E-state index contributed by atoms with van der Waals surface area (Å²) >= 11 is 0. The quantitative estimate of drug-likeness (QED) is 0.793. The Morgan fingerprint density at radius 2 is 1.88 bits per heavy atom. The van der Waals surface area contributed by atoms with Gasteiger partial charge >= 0.3 is 0 Å². The number of methoxy groups -OCH3 is 1.